The van der Waals surface area contributed by atoms with Crippen LogP contribution in [0, 0.1) is 19.4 Å². The normalized spacial score (nSPS) is 19.8. The summed E-state index contributed by atoms with van der Waals surface area (Å²) in [6, 6.07) is 0. The van der Waals surface area contributed by atoms with E-state index in [1.165, 1.54) is 7.05 Å². The standard InChI is InChI=1S/C7H9NO2.C7H10O2.C6H12O2.C2H5O.CH4.CH3.W/c1-4-5(2)7(10)8(3)6(4)9;1-3-6-4-5(2)7(8)9-6;1-6(3-7-2)4-8-5-6;1-2-3;;;/h1-3H3;6H,2-4H2,1H3;3-5H2,1-2H3;2-3H,1H3;1H4;1H3;/q;;;-1;;-1;+2/i;;;;;1D;. The van der Waals surface area contributed by atoms with Crippen LogP contribution in [0.15, 0.2) is 23.3 Å². The Bertz CT molecular complexity index is 624. The maximum Gasteiger partial charge on any atom is 2.00 e. The first-order chi connectivity index (χ1) is 15.0. The predicted molar refractivity (Wildman–Crippen MR) is 126 cm³/mol. The van der Waals surface area contributed by atoms with Crippen molar-refractivity contribution < 1.29 is 56.1 Å². The zero-order valence-electron chi connectivity index (χ0n) is 21.4. The number of imide groups is 1. The molecule has 8 nitrogen and oxygen atoms in total. The molecule has 9 heteroatoms. The summed E-state index contributed by atoms with van der Waals surface area (Å²) in [6.07, 6.45) is 1.71. The second kappa shape index (κ2) is 19.0. The molecule has 192 valence electrons. The van der Waals surface area contributed by atoms with E-state index in [0.29, 0.717) is 22.1 Å². The smallest absolute Gasteiger partial charge is 0.566 e. The summed E-state index contributed by atoms with van der Waals surface area (Å²) in [4.78, 5) is 33.7. The Morgan fingerprint density at radius 2 is 1.70 bits per heavy atom. The molecule has 0 aromatic carbocycles. The Kier molecular flexibility index (Phi) is 20.9. The molecule has 3 heterocycles. The summed E-state index contributed by atoms with van der Waals surface area (Å²) in [6.45, 7) is 16.2. The van der Waals surface area contributed by atoms with Crippen molar-refractivity contribution in [1.29, 1.82) is 0 Å². The summed E-state index contributed by atoms with van der Waals surface area (Å²) in [7, 11) is 5.72. The van der Waals surface area contributed by atoms with Crippen LogP contribution in [0.25, 0.3) is 0 Å². The van der Waals surface area contributed by atoms with Crippen LogP contribution in [-0.4, -0.2) is 67.9 Å². The maximum atomic E-state index is 11.0. The average molecular weight is 642 g/mol. The molecule has 0 aliphatic carbocycles. The second-order valence-corrected chi connectivity index (χ2v) is 7.66. The zero-order valence-corrected chi connectivity index (χ0v) is 23.3. The summed E-state index contributed by atoms with van der Waals surface area (Å²) < 4.78 is 20.4. The van der Waals surface area contributed by atoms with Crippen LogP contribution in [0.3, 0.4) is 0 Å². The average Bonchev–Trinajstić information content (AvgIpc) is 3.17. The number of ether oxygens (including phenoxy) is 3. The minimum atomic E-state index is -0.221. The fraction of sp³-hybridized carbons (Fsp3) is 0.625. The fourth-order valence-corrected chi connectivity index (χ4v) is 2.66. The van der Waals surface area contributed by atoms with E-state index in [2.05, 4.69) is 20.9 Å². The van der Waals surface area contributed by atoms with Crippen molar-refractivity contribution in [2.45, 2.75) is 61.0 Å². The van der Waals surface area contributed by atoms with Gasteiger partial charge < -0.3 is 26.7 Å². The molecule has 0 spiro atoms. The van der Waals surface area contributed by atoms with Gasteiger partial charge in [0.25, 0.3) is 11.8 Å². The summed E-state index contributed by atoms with van der Waals surface area (Å²) in [5.74, 6) is -0.577. The van der Waals surface area contributed by atoms with Gasteiger partial charge in [-0.2, -0.15) is 6.92 Å². The number of aliphatic hydroxyl groups is 1. The van der Waals surface area contributed by atoms with Crippen molar-refractivity contribution >= 4 is 17.8 Å². The van der Waals surface area contributed by atoms with Crippen LogP contribution >= 0.6 is 0 Å². The van der Waals surface area contributed by atoms with Crippen molar-refractivity contribution in [2.75, 3.05) is 34.0 Å². The topological polar surface area (TPSA) is 102 Å². The Hall–Kier alpha value is -1.34. The van der Waals surface area contributed by atoms with E-state index in [-0.39, 0.29) is 52.4 Å². The molecule has 2 amide bonds. The third-order valence-electron chi connectivity index (χ3n) is 4.70. The largest absolute Gasteiger partial charge is 2.00 e. The van der Waals surface area contributed by atoms with Crippen molar-refractivity contribution in [3.05, 3.63) is 37.3 Å². The van der Waals surface area contributed by atoms with Gasteiger partial charge in [0, 0.05) is 42.7 Å². The number of rotatable bonds is 3. The number of cyclic esters (lactones) is 1. The van der Waals surface area contributed by atoms with Crippen molar-refractivity contribution in [3.63, 3.8) is 0 Å². The molecule has 0 aromatic heterocycles. The van der Waals surface area contributed by atoms with Gasteiger partial charge in [0.05, 0.1) is 19.8 Å². The molecule has 0 aromatic rings. The van der Waals surface area contributed by atoms with Crippen LogP contribution < -0.4 is 0 Å². The number of esters is 1. The van der Waals surface area contributed by atoms with Gasteiger partial charge in [-0.3, -0.25) is 14.5 Å². The van der Waals surface area contributed by atoms with Crippen molar-refractivity contribution in [1.82, 2.24) is 4.90 Å². The monoisotopic (exact) mass is 642 g/mol. The zero-order chi connectivity index (χ0) is 25.5. The molecule has 2 fully saturated rings. The molecule has 0 radical (unpaired) electrons. The molecule has 1 unspecified atom stereocenters. The van der Waals surface area contributed by atoms with Crippen molar-refractivity contribution in [3.8, 4) is 0 Å². The van der Waals surface area contributed by atoms with Gasteiger partial charge in [0.2, 0.25) is 0 Å². The first kappa shape index (κ1) is 36.2. The molecule has 3 aliphatic heterocycles. The van der Waals surface area contributed by atoms with Gasteiger partial charge in [-0.15, -0.1) is 0 Å². The first-order valence-electron chi connectivity index (χ1n) is 10.6. The number of aliphatic hydroxyl groups excluding tert-OH is 1. The number of nitrogens with zero attached hydrogens (tertiary/aromatic N) is 1. The molecular weight excluding hydrogens is 598 g/mol. The minimum Gasteiger partial charge on any atom is -0.566 e. The van der Waals surface area contributed by atoms with Gasteiger partial charge in [0.15, 0.2) is 0 Å². The second-order valence-electron chi connectivity index (χ2n) is 7.66. The predicted octanol–water partition coefficient (Wildman–Crippen LogP) is 3.88. The number of methoxy groups -OCH3 is 1. The van der Waals surface area contributed by atoms with E-state index in [4.69, 9.17) is 20.7 Å². The molecule has 2 saturated heterocycles. The molecule has 0 saturated carbocycles. The number of likely N-dealkylation sites (N-methyl/N-ethyl adjacent to an activating group) is 1. The number of carbonyl (C=O) groups excluding carboxylic acids is 3. The molecular formula is C24H43NO7W. The number of hydrogen-bond acceptors (Lipinski definition) is 7. The van der Waals surface area contributed by atoms with E-state index in [9.17, 15) is 14.4 Å². The van der Waals surface area contributed by atoms with Gasteiger partial charge in [-0.05, 0) is 20.3 Å². The molecule has 0 bridgehead atoms. The third kappa shape index (κ3) is 12.6. The number of hydrogen-bond donors (Lipinski definition) is 1. The quantitative estimate of drug-likeness (QED) is 0.216. The molecule has 1 N–H and O–H groups in total. The Morgan fingerprint density at radius 1 is 1.27 bits per heavy atom. The van der Waals surface area contributed by atoms with Crippen LogP contribution in [0.1, 0.15) is 56.3 Å². The Morgan fingerprint density at radius 3 is 1.82 bits per heavy atom. The number of carbonyl (C=O) groups is 3. The van der Waals surface area contributed by atoms with E-state index in [1.54, 1.807) is 27.9 Å². The van der Waals surface area contributed by atoms with E-state index >= 15 is 0 Å². The first-order valence-corrected chi connectivity index (χ1v) is 9.85. The van der Waals surface area contributed by atoms with Gasteiger partial charge in [0.1, 0.15) is 6.10 Å². The van der Waals surface area contributed by atoms with Gasteiger partial charge in [-0.1, -0.05) is 27.9 Å². The number of amides is 2. The SMILES string of the molecule is C.C=C1CC(CC)OC1=O.CC1=C(C)C(=O)N(C)C1=O.COCC1(C)COC1.C[CH-]O.[2H][CH2-].[W+2]. The fourth-order valence-electron chi connectivity index (χ4n) is 2.66. The van der Waals surface area contributed by atoms with Crippen molar-refractivity contribution in [2.24, 2.45) is 5.41 Å². The van der Waals surface area contributed by atoms with E-state index in [0.717, 1.165) is 44.2 Å². The summed E-state index contributed by atoms with van der Waals surface area (Å²) >= 11 is 0. The molecule has 1 atom stereocenters. The van der Waals surface area contributed by atoms with Gasteiger partial charge >= 0.3 is 27.0 Å². The molecule has 3 aliphatic rings. The third-order valence-corrected chi connectivity index (χ3v) is 4.70. The summed E-state index contributed by atoms with van der Waals surface area (Å²) in [5, 5.41) is 7.44. The van der Waals surface area contributed by atoms with E-state index < -0.39 is 0 Å². The van der Waals surface area contributed by atoms with Crippen LogP contribution in [0.2, 0.25) is 0 Å². The molecule has 3 rings (SSSR count). The minimum absolute atomic E-state index is 0. The maximum absolute atomic E-state index is 11.0. The Balaban J connectivity index is -0.000000177. The molecule has 33 heavy (non-hydrogen) atoms. The van der Waals surface area contributed by atoms with Gasteiger partial charge in [-0.25, -0.2) is 12.8 Å². The van der Waals surface area contributed by atoms with Crippen LogP contribution in [0.5, 0.6) is 0 Å². The summed E-state index contributed by atoms with van der Waals surface area (Å²) in [5.41, 5.74) is 2.07. The van der Waals surface area contributed by atoms with Crippen LogP contribution in [-0.2, 0) is 49.7 Å². The van der Waals surface area contributed by atoms with Crippen LogP contribution in [0.4, 0.5) is 0 Å². The Labute approximate surface area is 216 Å². The van der Waals surface area contributed by atoms with E-state index in [1.807, 2.05) is 6.92 Å².